The lowest BCUT2D eigenvalue weighted by Gasteiger charge is -2.29. The molecule has 1 aromatic rings. The minimum absolute atomic E-state index is 0.000270. The predicted molar refractivity (Wildman–Crippen MR) is 75.1 cm³/mol. The fraction of sp³-hybridized carbons (Fsp3) is 0.714. The summed E-state index contributed by atoms with van der Waals surface area (Å²) in [6.07, 6.45) is 1.94. The zero-order valence-corrected chi connectivity index (χ0v) is 12.1. The van der Waals surface area contributed by atoms with Crippen LogP contribution >= 0.6 is 0 Å². The molecule has 0 aliphatic carbocycles. The fourth-order valence-corrected chi connectivity index (χ4v) is 2.48. The topological polar surface area (TPSA) is 64.3 Å². The zero-order valence-electron chi connectivity index (χ0n) is 12.1. The molecule has 1 aliphatic heterocycles. The van der Waals surface area contributed by atoms with E-state index in [2.05, 4.69) is 35.8 Å². The molecular weight excluding hydrogens is 240 g/mol. The van der Waals surface area contributed by atoms with Crippen LogP contribution in [-0.2, 0) is 11.2 Å². The Hall–Kier alpha value is -1.04. The van der Waals surface area contributed by atoms with E-state index >= 15 is 0 Å². The molecule has 1 atom stereocenters. The van der Waals surface area contributed by atoms with E-state index < -0.39 is 0 Å². The lowest BCUT2D eigenvalue weighted by molar-refractivity contribution is -0.0256. The van der Waals surface area contributed by atoms with Crippen LogP contribution in [0.5, 0.6) is 0 Å². The third kappa shape index (κ3) is 3.49. The minimum atomic E-state index is -0.000270. The van der Waals surface area contributed by atoms with E-state index in [9.17, 15) is 0 Å². The summed E-state index contributed by atoms with van der Waals surface area (Å²) >= 11 is 0. The van der Waals surface area contributed by atoms with Crippen molar-refractivity contribution in [3.8, 4) is 0 Å². The van der Waals surface area contributed by atoms with Gasteiger partial charge in [0.15, 0.2) is 5.82 Å². The van der Waals surface area contributed by atoms with Crippen molar-refractivity contribution in [2.24, 2.45) is 5.73 Å². The molecule has 0 radical (unpaired) electrons. The Morgan fingerprint density at radius 2 is 2.00 bits per heavy atom. The van der Waals surface area contributed by atoms with E-state index in [1.54, 1.807) is 0 Å². The Morgan fingerprint density at radius 1 is 1.32 bits per heavy atom. The monoisotopic (exact) mass is 264 g/mol. The first-order valence-electron chi connectivity index (χ1n) is 6.96. The first-order valence-corrected chi connectivity index (χ1v) is 6.96. The zero-order chi connectivity index (χ0) is 13.8. The number of likely N-dealkylation sites (N-methyl/N-ethyl adjacent to an activating group) is 1. The van der Waals surface area contributed by atoms with Crippen molar-refractivity contribution in [2.75, 3.05) is 33.3 Å². The summed E-state index contributed by atoms with van der Waals surface area (Å²) in [5, 5.41) is 0. The van der Waals surface area contributed by atoms with Crippen LogP contribution in [0.15, 0.2) is 0 Å². The van der Waals surface area contributed by atoms with Gasteiger partial charge in [-0.2, -0.15) is 0 Å². The molecule has 1 saturated heterocycles. The maximum absolute atomic E-state index is 5.78. The molecule has 106 valence electrons. The molecular formula is C14H24N4O. The number of nitrogens with two attached hydrogens (primary N) is 1. The van der Waals surface area contributed by atoms with Gasteiger partial charge >= 0.3 is 0 Å². The van der Waals surface area contributed by atoms with Crippen molar-refractivity contribution in [1.29, 1.82) is 0 Å². The van der Waals surface area contributed by atoms with Crippen molar-refractivity contribution >= 4 is 0 Å². The Morgan fingerprint density at radius 3 is 2.58 bits per heavy atom. The Kier molecular flexibility index (Phi) is 4.85. The Bertz CT molecular complexity index is 412. The summed E-state index contributed by atoms with van der Waals surface area (Å²) in [5.41, 5.74) is 8.93. The first kappa shape index (κ1) is 14.4. The van der Waals surface area contributed by atoms with E-state index in [0.29, 0.717) is 6.54 Å². The van der Waals surface area contributed by atoms with E-state index in [0.717, 1.165) is 49.8 Å². The van der Waals surface area contributed by atoms with Crippen LogP contribution in [0.1, 0.15) is 35.3 Å². The molecule has 2 rings (SSSR count). The van der Waals surface area contributed by atoms with E-state index in [1.807, 2.05) is 0 Å². The molecule has 1 fully saturated rings. The number of nitrogens with zero attached hydrogens (tertiary/aromatic N) is 3. The predicted octanol–water partition coefficient (Wildman–Crippen LogP) is 0.988. The molecule has 2 heterocycles. The van der Waals surface area contributed by atoms with Gasteiger partial charge in [0, 0.05) is 24.5 Å². The highest BCUT2D eigenvalue weighted by atomic mass is 16.5. The number of hydrogen-bond acceptors (Lipinski definition) is 5. The van der Waals surface area contributed by atoms with Crippen molar-refractivity contribution in [3.63, 3.8) is 0 Å². The highest BCUT2D eigenvalue weighted by molar-refractivity contribution is 5.25. The highest BCUT2D eigenvalue weighted by Crippen LogP contribution is 2.21. The summed E-state index contributed by atoms with van der Waals surface area (Å²) in [6, 6.07) is 0. The number of ether oxygens (including phenoxy) is 1. The van der Waals surface area contributed by atoms with E-state index in [1.165, 1.54) is 5.56 Å². The largest absolute Gasteiger partial charge is 0.368 e. The molecule has 1 unspecified atom stereocenters. The van der Waals surface area contributed by atoms with Gasteiger partial charge in [-0.05, 0) is 45.8 Å². The van der Waals surface area contributed by atoms with Crippen LogP contribution in [0.2, 0.25) is 0 Å². The molecule has 19 heavy (non-hydrogen) atoms. The van der Waals surface area contributed by atoms with E-state index in [4.69, 9.17) is 10.5 Å². The third-order valence-corrected chi connectivity index (χ3v) is 3.63. The van der Waals surface area contributed by atoms with Crippen LogP contribution in [0, 0.1) is 13.8 Å². The lowest BCUT2D eigenvalue weighted by atomic mass is 10.1. The van der Waals surface area contributed by atoms with Gasteiger partial charge in [0.25, 0.3) is 0 Å². The normalized spacial score (nSPS) is 20.7. The second-order valence-corrected chi connectivity index (χ2v) is 5.25. The summed E-state index contributed by atoms with van der Waals surface area (Å²) in [5.74, 6) is 0.818. The maximum atomic E-state index is 5.78. The molecule has 0 aromatic carbocycles. The summed E-state index contributed by atoms with van der Waals surface area (Å²) in [4.78, 5) is 11.5. The molecule has 0 amide bonds. The van der Waals surface area contributed by atoms with Gasteiger partial charge in [-0.15, -0.1) is 0 Å². The molecule has 0 spiro atoms. The molecule has 5 heteroatoms. The SMILES string of the molecule is Cc1nc(C2CN(C)CCO2)nc(C)c1CCCN. The smallest absolute Gasteiger partial charge is 0.158 e. The van der Waals surface area contributed by atoms with Crippen molar-refractivity contribution < 1.29 is 4.74 Å². The number of morpholine rings is 1. The average molecular weight is 264 g/mol. The number of aromatic nitrogens is 2. The Balaban J connectivity index is 2.18. The molecule has 0 saturated carbocycles. The van der Waals surface area contributed by atoms with Crippen LogP contribution in [0.3, 0.4) is 0 Å². The van der Waals surface area contributed by atoms with Gasteiger partial charge in [0.1, 0.15) is 6.10 Å². The first-order chi connectivity index (χ1) is 9.11. The second-order valence-electron chi connectivity index (χ2n) is 5.25. The Labute approximate surface area is 115 Å². The van der Waals surface area contributed by atoms with E-state index in [-0.39, 0.29) is 6.10 Å². The van der Waals surface area contributed by atoms with Crippen molar-refractivity contribution in [2.45, 2.75) is 32.8 Å². The van der Waals surface area contributed by atoms with Crippen LogP contribution in [-0.4, -0.2) is 48.2 Å². The fourth-order valence-electron chi connectivity index (χ4n) is 2.48. The number of hydrogen-bond donors (Lipinski definition) is 1. The van der Waals surface area contributed by atoms with Gasteiger partial charge in [-0.25, -0.2) is 9.97 Å². The maximum Gasteiger partial charge on any atom is 0.158 e. The van der Waals surface area contributed by atoms with Crippen molar-refractivity contribution in [1.82, 2.24) is 14.9 Å². The van der Waals surface area contributed by atoms with Crippen LogP contribution in [0.25, 0.3) is 0 Å². The highest BCUT2D eigenvalue weighted by Gasteiger charge is 2.23. The number of aryl methyl sites for hydroxylation is 2. The molecule has 0 bridgehead atoms. The molecule has 5 nitrogen and oxygen atoms in total. The van der Waals surface area contributed by atoms with Gasteiger partial charge in [-0.3, -0.25) is 0 Å². The lowest BCUT2D eigenvalue weighted by Crippen LogP contribution is -2.36. The molecule has 2 N–H and O–H groups in total. The summed E-state index contributed by atoms with van der Waals surface area (Å²) < 4.78 is 5.78. The quantitative estimate of drug-likeness (QED) is 0.878. The minimum Gasteiger partial charge on any atom is -0.368 e. The van der Waals surface area contributed by atoms with Crippen LogP contribution < -0.4 is 5.73 Å². The summed E-state index contributed by atoms with van der Waals surface area (Å²) in [6.45, 7) is 7.39. The summed E-state index contributed by atoms with van der Waals surface area (Å²) in [7, 11) is 2.10. The van der Waals surface area contributed by atoms with Gasteiger partial charge < -0.3 is 15.4 Å². The standard InChI is InChI=1S/C14H24N4O/c1-10-12(5-4-6-15)11(2)17-14(16-10)13-9-18(3)7-8-19-13/h13H,4-9,15H2,1-3H3. The molecule has 1 aromatic heterocycles. The number of rotatable bonds is 4. The second kappa shape index (κ2) is 6.41. The van der Waals surface area contributed by atoms with Crippen molar-refractivity contribution in [3.05, 3.63) is 22.8 Å². The van der Waals surface area contributed by atoms with Gasteiger partial charge in [0.2, 0.25) is 0 Å². The molecule has 1 aliphatic rings. The van der Waals surface area contributed by atoms with Gasteiger partial charge in [-0.1, -0.05) is 0 Å². The van der Waals surface area contributed by atoms with Crippen LogP contribution in [0.4, 0.5) is 0 Å². The van der Waals surface area contributed by atoms with Gasteiger partial charge in [0.05, 0.1) is 6.61 Å². The average Bonchev–Trinajstić information content (AvgIpc) is 2.37. The third-order valence-electron chi connectivity index (χ3n) is 3.63.